The van der Waals surface area contributed by atoms with Crippen molar-refractivity contribution in [2.75, 3.05) is 20.8 Å². The van der Waals surface area contributed by atoms with Gasteiger partial charge < -0.3 is 14.2 Å². The third kappa shape index (κ3) is 2.91. The molecule has 0 aliphatic heterocycles. The number of terminal acetylenes is 1. The Kier molecular flexibility index (Phi) is 4.31. The molecule has 0 amide bonds. The Balaban J connectivity index is 2.21. The first kappa shape index (κ1) is 15.1. The Morgan fingerprint density at radius 3 is 2.48 bits per heavy atom. The number of hydrogen-bond acceptors (Lipinski definition) is 6. The number of rotatable bonds is 5. The number of aromatic nitrogens is 2. The van der Waals surface area contributed by atoms with Gasteiger partial charge in [-0.15, -0.1) is 17.8 Å². The van der Waals surface area contributed by atoms with E-state index in [9.17, 15) is 0 Å². The van der Waals surface area contributed by atoms with Gasteiger partial charge in [-0.1, -0.05) is 18.1 Å². The van der Waals surface area contributed by atoms with Crippen molar-refractivity contribution in [3.63, 3.8) is 0 Å². The van der Waals surface area contributed by atoms with E-state index >= 15 is 0 Å². The van der Waals surface area contributed by atoms with Crippen LogP contribution in [0.25, 0.3) is 20.8 Å². The van der Waals surface area contributed by atoms with Crippen molar-refractivity contribution >= 4 is 21.4 Å². The number of hydrogen-bond donors (Lipinski definition) is 0. The molecule has 0 aliphatic carbocycles. The molecule has 3 rings (SSSR count). The SMILES string of the molecule is C#CCOc1c(-c2nc(OC)cc(OC)n2)sc2ccccc12. The molecule has 0 radical (unpaired) electrons. The van der Waals surface area contributed by atoms with Gasteiger partial charge in [0.1, 0.15) is 17.2 Å². The van der Waals surface area contributed by atoms with Crippen molar-refractivity contribution in [1.29, 1.82) is 0 Å². The van der Waals surface area contributed by atoms with Crippen LogP contribution in [-0.2, 0) is 0 Å². The minimum atomic E-state index is 0.175. The molecule has 0 saturated carbocycles. The predicted molar refractivity (Wildman–Crippen MR) is 90.3 cm³/mol. The summed E-state index contributed by atoms with van der Waals surface area (Å²) < 4.78 is 17.3. The summed E-state index contributed by atoms with van der Waals surface area (Å²) in [5.74, 6) is 4.49. The van der Waals surface area contributed by atoms with E-state index < -0.39 is 0 Å². The third-order valence-corrected chi connectivity index (χ3v) is 4.30. The summed E-state index contributed by atoms with van der Waals surface area (Å²) in [6.45, 7) is 0.175. The standard InChI is InChI=1S/C17H14N2O3S/c1-4-9-22-15-11-7-5-6-8-12(11)23-16(15)17-18-13(20-2)10-14(19-17)21-3/h1,5-8,10H,9H2,2-3H3. The predicted octanol–water partition coefficient (Wildman–Crippen LogP) is 3.39. The first-order chi connectivity index (χ1) is 11.3. The maximum atomic E-state index is 5.75. The Morgan fingerprint density at radius 1 is 1.13 bits per heavy atom. The second kappa shape index (κ2) is 6.55. The lowest BCUT2D eigenvalue weighted by atomic mass is 10.2. The smallest absolute Gasteiger partial charge is 0.220 e. The topological polar surface area (TPSA) is 53.5 Å². The van der Waals surface area contributed by atoms with Crippen LogP contribution >= 0.6 is 11.3 Å². The van der Waals surface area contributed by atoms with Crippen molar-refractivity contribution in [2.45, 2.75) is 0 Å². The fourth-order valence-corrected chi connectivity index (χ4v) is 3.22. The molecule has 6 heteroatoms. The van der Waals surface area contributed by atoms with E-state index in [0.29, 0.717) is 23.3 Å². The van der Waals surface area contributed by atoms with Gasteiger partial charge in [0, 0.05) is 10.1 Å². The van der Waals surface area contributed by atoms with Gasteiger partial charge in [-0.25, -0.2) is 0 Å². The molecule has 0 spiro atoms. The number of methoxy groups -OCH3 is 2. The highest BCUT2D eigenvalue weighted by atomic mass is 32.1. The van der Waals surface area contributed by atoms with Crippen LogP contribution in [0.4, 0.5) is 0 Å². The van der Waals surface area contributed by atoms with Crippen LogP contribution in [0.1, 0.15) is 0 Å². The number of benzene rings is 1. The fraction of sp³-hybridized carbons (Fsp3) is 0.176. The summed E-state index contributed by atoms with van der Waals surface area (Å²) in [7, 11) is 3.10. The molecule has 5 nitrogen and oxygen atoms in total. The van der Waals surface area contributed by atoms with Crippen molar-refractivity contribution in [2.24, 2.45) is 0 Å². The third-order valence-electron chi connectivity index (χ3n) is 3.15. The number of nitrogens with zero attached hydrogens (tertiary/aromatic N) is 2. The number of ether oxygens (including phenoxy) is 3. The van der Waals surface area contributed by atoms with Crippen LogP contribution in [0.15, 0.2) is 30.3 Å². The molecule has 3 aromatic rings. The zero-order valence-electron chi connectivity index (χ0n) is 12.7. The highest BCUT2D eigenvalue weighted by molar-refractivity contribution is 7.22. The Bertz CT molecular complexity index is 861. The molecule has 23 heavy (non-hydrogen) atoms. The fourth-order valence-electron chi connectivity index (χ4n) is 2.14. The van der Waals surface area contributed by atoms with Gasteiger partial charge in [0.15, 0.2) is 5.82 Å². The molecule has 0 N–H and O–H groups in total. The average Bonchev–Trinajstić information content (AvgIpc) is 2.98. The van der Waals surface area contributed by atoms with E-state index in [1.807, 2.05) is 24.3 Å². The second-order valence-electron chi connectivity index (χ2n) is 4.53. The molecular formula is C17H14N2O3S. The number of fused-ring (bicyclic) bond motifs is 1. The molecule has 116 valence electrons. The summed E-state index contributed by atoms with van der Waals surface area (Å²) in [4.78, 5) is 9.59. The first-order valence-electron chi connectivity index (χ1n) is 6.82. The van der Waals surface area contributed by atoms with E-state index in [0.717, 1.165) is 15.0 Å². The van der Waals surface area contributed by atoms with Crippen LogP contribution in [0, 0.1) is 12.3 Å². The highest BCUT2D eigenvalue weighted by Gasteiger charge is 2.19. The minimum Gasteiger partial charge on any atom is -0.481 e. The average molecular weight is 326 g/mol. The molecular weight excluding hydrogens is 312 g/mol. The Labute approximate surface area is 137 Å². The van der Waals surface area contributed by atoms with E-state index in [4.69, 9.17) is 20.6 Å². The summed E-state index contributed by atoms with van der Waals surface area (Å²) >= 11 is 1.54. The lowest BCUT2D eigenvalue weighted by molar-refractivity contribution is 0.370. The van der Waals surface area contributed by atoms with Gasteiger partial charge in [-0.05, 0) is 12.1 Å². The molecule has 0 fully saturated rings. The largest absolute Gasteiger partial charge is 0.481 e. The molecule has 0 unspecified atom stereocenters. The highest BCUT2D eigenvalue weighted by Crippen LogP contribution is 2.43. The zero-order valence-corrected chi connectivity index (χ0v) is 13.5. The lowest BCUT2D eigenvalue weighted by Crippen LogP contribution is -1.98. The van der Waals surface area contributed by atoms with Crippen LogP contribution in [0.5, 0.6) is 17.5 Å². The van der Waals surface area contributed by atoms with Gasteiger partial charge >= 0.3 is 0 Å². The summed E-state index contributed by atoms with van der Waals surface area (Å²) in [5, 5.41) is 0.980. The van der Waals surface area contributed by atoms with Gasteiger partial charge in [0.05, 0.1) is 20.3 Å². The van der Waals surface area contributed by atoms with Crippen LogP contribution in [-0.4, -0.2) is 30.8 Å². The van der Waals surface area contributed by atoms with Gasteiger partial charge in [0.25, 0.3) is 0 Å². The van der Waals surface area contributed by atoms with E-state index in [1.54, 1.807) is 20.3 Å². The zero-order chi connectivity index (χ0) is 16.2. The van der Waals surface area contributed by atoms with Crippen molar-refractivity contribution in [3.8, 4) is 40.6 Å². The number of thiophene rings is 1. The molecule has 0 atom stereocenters. The normalized spacial score (nSPS) is 10.3. The maximum Gasteiger partial charge on any atom is 0.220 e. The summed E-state index contributed by atoms with van der Waals surface area (Å²) in [5.41, 5.74) is 0. The Hall–Kier alpha value is -2.78. The molecule has 1 aromatic carbocycles. The summed E-state index contributed by atoms with van der Waals surface area (Å²) in [6.07, 6.45) is 5.33. The maximum absolute atomic E-state index is 5.75. The minimum absolute atomic E-state index is 0.175. The molecule has 0 bridgehead atoms. The van der Waals surface area contributed by atoms with Crippen molar-refractivity contribution in [1.82, 2.24) is 9.97 Å². The second-order valence-corrected chi connectivity index (χ2v) is 5.58. The first-order valence-corrected chi connectivity index (χ1v) is 7.63. The van der Waals surface area contributed by atoms with Gasteiger partial charge in [0.2, 0.25) is 11.8 Å². The van der Waals surface area contributed by atoms with E-state index in [2.05, 4.69) is 15.9 Å². The van der Waals surface area contributed by atoms with E-state index in [-0.39, 0.29) is 6.61 Å². The molecule has 2 aromatic heterocycles. The molecule has 0 aliphatic rings. The van der Waals surface area contributed by atoms with Crippen molar-refractivity contribution in [3.05, 3.63) is 30.3 Å². The van der Waals surface area contributed by atoms with Gasteiger partial charge in [-0.3, -0.25) is 0 Å². The van der Waals surface area contributed by atoms with Crippen LogP contribution < -0.4 is 14.2 Å². The van der Waals surface area contributed by atoms with Gasteiger partial charge in [-0.2, -0.15) is 9.97 Å². The molecule has 2 heterocycles. The van der Waals surface area contributed by atoms with Crippen LogP contribution in [0.2, 0.25) is 0 Å². The monoisotopic (exact) mass is 326 g/mol. The quantitative estimate of drug-likeness (QED) is 0.673. The lowest BCUT2D eigenvalue weighted by Gasteiger charge is -2.07. The van der Waals surface area contributed by atoms with Crippen LogP contribution in [0.3, 0.4) is 0 Å². The van der Waals surface area contributed by atoms with E-state index in [1.165, 1.54) is 11.3 Å². The Morgan fingerprint density at radius 2 is 1.83 bits per heavy atom. The summed E-state index contributed by atoms with van der Waals surface area (Å²) in [6, 6.07) is 9.55. The molecule has 0 saturated heterocycles. The van der Waals surface area contributed by atoms with Crippen molar-refractivity contribution < 1.29 is 14.2 Å².